The number of anilines is 2. The van der Waals surface area contributed by atoms with Crippen molar-refractivity contribution in [3.63, 3.8) is 0 Å². The first-order chi connectivity index (χ1) is 9.51. The summed E-state index contributed by atoms with van der Waals surface area (Å²) in [5, 5.41) is 0. The average molecular weight is 328 g/mol. The lowest BCUT2D eigenvalue weighted by Gasteiger charge is -2.09. The molecule has 7 heteroatoms. The summed E-state index contributed by atoms with van der Waals surface area (Å²) < 4.78 is 32.1. The van der Waals surface area contributed by atoms with Gasteiger partial charge < -0.3 is 22.9 Å². The van der Waals surface area contributed by atoms with Gasteiger partial charge in [0.1, 0.15) is 5.75 Å². The molecule has 0 aliphatic carbocycles. The monoisotopic (exact) mass is 327 g/mol. The minimum atomic E-state index is -3.60. The number of sulfonamides is 1. The highest BCUT2D eigenvalue weighted by Crippen LogP contribution is 2.20. The van der Waals surface area contributed by atoms with E-state index in [1.165, 1.54) is 12.1 Å². The number of rotatable bonds is 5. The van der Waals surface area contributed by atoms with Gasteiger partial charge in [0.25, 0.3) is 10.0 Å². The van der Waals surface area contributed by atoms with E-state index in [9.17, 15) is 8.42 Å². The standard InChI is InChI=1S/C14H16N2O3S.ClH/c1-2-19-13-7-5-12(6-8-13)16-20(17,18)14-9-3-11(15)4-10-14;/h3-10,16H,2,15H2,1H3;1H/p-1. The van der Waals surface area contributed by atoms with Gasteiger partial charge in [0.15, 0.2) is 0 Å². The molecular formula is C14H16ClN2O3S-. The summed E-state index contributed by atoms with van der Waals surface area (Å²) in [6, 6.07) is 12.8. The number of nitrogen functional groups attached to an aromatic ring is 1. The second-order valence-corrected chi connectivity index (χ2v) is 5.81. The third kappa shape index (κ3) is 4.54. The second-order valence-electron chi connectivity index (χ2n) is 4.13. The molecule has 114 valence electrons. The van der Waals surface area contributed by atoms with Crippen molar-refractivity contribution in [3.8, 4) is 5.75 Å². The maximum atomic E-state index is 12.1. The van der Waals surface area contributed by atoms with Crippen LogP contribution in [0.15, 0.2) is 53.4 Å². The van der Waals surface area contributed by atoms with E-state index < -0.39 is 10.0 Å². The fraction of sp³-hybridized carbons (Fsp3) is 0.143. The molecule has 0 saturated heterocycles. The molecule has 5 nitrogen and oxygen atoms in total. The van der Waals surface area contributed by atoms with Crippen LogP contribution in [0.2, 0.25) is 0 Å². The third-order valence-corrected chi connectivity index (χ3v) is 4.01. The van der Waals surface area contributed by atoms with Crippen molar-refractivity contribution < 1.29 is 25.6 Å². The zero-order chi connectivity index (χ0) is 14.6. The molecule has 2 aromatic rings. The van der Waals surface area contributed by atoms with Gasteiger partial charge in [-0.1, -0.05) is 0 Å². The second kappa shape index (κ2) is 7.19. The van der Waals surface area contributed by atoms with Crippen LogP contribution in [-0.2, 0) is 10.0 Å². The van der Waals surface area contributed by atoms with Crippen molar-refractivity contribution in [3.05, 3.63) is 48.5 Å². The molecule has 0 bridgehead atoms. The van der Waals surface area contributed by atoms with Crippen LogP contribution in [0.1, 0.15) is 6.92 Å². The molecule has 21 heavy (non-hydrogen) atoms. The fourth-order valence-electron chi connectivity index (χ4n) is 1.65. The Labute approximate surface area is 130 Å². The molecule has 0 atom stereocenters. The first-order valence-corrected chi connectivity index (χ1v) is 7.61. The molecule has 0 amide bonds. The molecule has 3 N–H and O–H groups in total. The highest BCUT2D eigenvalue weighted by molar-refractivity contribution is 7.92. The molecule has 0 fully saturated rings. The first kappa shape index (κ1) is 17.1. The summed E-state index contributed by atoms with van der Waals surface area (Å²) in [6.45, 7) is 2.45. The van der Waals surface area contributed by atoms with E-state index >= 15 is 0 Å². The van der Waals surface area contributed by atoms with Crippen LogP contribution in [0.3, 0.4) is 0 Å². The Kier molecular flexibility index (Phi) is 5.87. The average Bonchev–Trinajstić information content (AvgIpc) is 2.41. The maximum Gasteiger partial charge on any atom is 0.261 e. The Morgan fingerprint density at radius 1 is 1.05 bits per heavy atom. The number of nitrogens with one attached hydrogen (secondary N) is 1. The smallest absolute Gasteiger partial charge is 0.261 e. The summed E-state index contributed by atoms with van der Waals surface area (Å²) in [5.74, 6) is 0.697. The predicted octanol–water partition coefficient (Wildman–Crippen LogP) is -0.528. The minimum absolute atomic E-state index is 0. The SMILES string of the molecule is CCOc1ccc(NS(=O)(=O)c2ccc(N)cc2)cc1.[Cl-]. The lowest BCUT2D eigenvalue weighted by atomic mass is 10.3. The molecule has 2 aromatic carbocycles. The predicted molar refractivity (Wildman–Crippen MR) is 79.3 cm³/mol. The van der Waals surface area contributed by atoms with Crippen molar-refractivity contribution in [2.75, 3.05) is 17.1 Å². The summed E-state index contributed by atoms with van der Waals surface area (Å²) in [4.78, 5) is 0.167. The summed E-state index contributed by atoms with van der Waals surface area (Å²) in [6.07, 6.45) is 0. The molecule has 0 unspecified atom stereocenters. The highest BCUT2D eigenvalue weighted by atomic mass is 35.5. The number of halogens is 1. The van der Waals surface area contributed by atoms with Crippen molar-refractivity contribution in [1.82, 2.24) is 0 Å². The van der Waals surface area contributed by atoms with Crippen LogP contribution < -0.4 is 27.6 Å². The first-order valence-electron chi connectivity index (χ1n) is 6.12. The molecule has 0 spiro atoms. The maximum absolute atomic E-state index is 12.1. The van der Waals surface area contributed by atoms with E-state index in [0.29, 0.717) is 23.7 Å². The van der Waals surface area contributed by atoms with E-state index in [2.05, 4.69) is 4.72 Å². The van der Waals surface area contributed by atoms with Crippen LogP contribution in [0, 0.1) is 0 Å². The largest absolute Gasteiger partial charge is 1.00 e. The lowest BCUT2D eigenvalue weighted by Crippen LogP contribution is -3.00. The van der Waals surface area contributed by atoms with Crippen molar-refractivity contribution >= 4 is 21.4 Å². The van der Waals surface area contributed by atoms with E-state index in [0.717, 1.165) is 0 Å². The highest BCUT2D eigenvalue weighted by Gasteiger charge is 2.13. The normalized spacial score (nSPS) is 10.5. The minimum Gasteiger partial charge on any atom is -1.00 e. The van der Waals surface area contributed by atoms with Gasteiger partial charge in [0, 0.05) is 11.4 Å². The summed E-state index contributed by atoms with van der Waals surface area (Å²) in [7, 11) is -3.60. The zero-order valence-corrected chi connectivity index (χ0v) is 13.0. The number of nitrogens with two attached hydrogens (primary N) is 1. The van der Waals surface area contributed by atoms with Gasteiger partial charge >= 0.3 is 0 Å². The van der Waals surface area contributed by atoms with Crippen molar-refractivity contribution in [2.45, 2.75) is 11.8 Å². The molecule has 0 aliphatic heterocycles. The summed E-state index contributed by atoms with van der Waals surface area (Å²) in [5.41, 5.74) is 6.53. The Morgan fingerprint density at radius 3 is 2.14 bits per heavy atom. The van der Waals surface area contributed by atoms with Gasteiger partial charge in [-0.05, 0) is 55.5 Å². The van der Waals surface area contributed by atoms with Gasteiger partial charge in [-0.2, -0.15) is 0 Å². The Bertz CT molecular complexity index is 670. The van der Waals surface area contributed by atoms with Gasteiger partial charge in [-0.15, -0.1) is 0 Å². The van der Waals surface area contributed by atoms with E-state index in [4.69, 9.17) is 10.5 Å². The number of hydrogen-bond acceptors (Lipinski definition) is 4. The Morgan fingerprint density at radius 2 is 1.62 bits per heavy atom. The van der Waals surface area contributed by atoms with Crippen LogP contribution in [0.5, 0.6) is 5.75 Å². The number of benzene rings is 2. The lowest BCUT2D eigenvalue weighted by molar-refractivity contribution is -0.00000706. The number of hydrogen-bond donors (Lipinski definition) is 2. The van der Waals surface area contributed by atoms with Gasteiger partial charge in [0.2, 0.25) is 0 Å². The van der Waals surface area contributed by atoms with Crippen LogP contribution in [-0.4, -0.2) is 15.0 Å². The van der Waals surface area contributed by atoms with Gasteiger partial charge in [0.05, 0.1) is 11.5 Å². The topological polar surface area (TPSA) is 81.4 Å². The molecule has 0 aromatic heterocycles. The van der Waals surface area contributed by atoms with E-state index in [1.54, 1.807) is 36.4 Å². The number of ether oxygens (including phenoxy) is 1. The molecule has 0 aliphatic rings. The van der Waals surface area contributed by atoms with Crippen LogP contribution in [0.4, 0.5) is 11.4 Å². The van der Waals surface area contributed by atoms with Crippen LogP contribution >= 0.6 is 0 Å². The molecule has 0 radical (unpaired) electrons. The summed E-state index contributed by atoms with van der Waals surface area (Å²) >= 11 is 0. The van der Waals surface area contributed by atoms with Gasteiger partial charge in [-0.25, -0.2) is 8.42 Å². The van der Waals surface area contributed by atoms with Crippen LogP contribution in [0.25, 0.3) is 0 Å². The molecule has 0 heterocycles. The Balaban J connectivity index is 0.00000220. The van der Waals surface area contributed by atoms with E-state index in [1.807, 2.05) is 6.92 Å². The molecule has 2 rings (SSSR count). The molecule has 0 saturated carbocycles. The fourth-order valence-corrected chi connectivity index (χ4v) is 2.71. The van der Waals surface area contributed by atoms with Crippen molar-refractivity contribution in [2.24, 2.45) is 0 Å². The Hall–Kier alpha value is -1.92. The van der Waals surface area contributed by atoms with Crippen molar-refractivity contribution in [1.29, 1.82) is 0 Å². The van der Waals surface area contributed by atoms with Gasteiger partial charge in [-0.3, -0.25) is 4.72 Å². The quantitative estimate of drug-likeness (QED) is 0.724. The third-order valence-electron chi connectivity index (χ3n) is 2.61. The molecular weight excluding hydrogens is 312 g/mol. The zero-order valence-electron chi connectivity index (χ0n) is 11.4. The van der Waals surface area contributed by atoms with E-state index in [-0.39, 0.29) is 17.3 Å².